The molecule has 0 amide bonds. The molecule has 3 nitrogen and oxygen atoms in total. The molecular weight excluding hydrogens is 222 g/mol. The fourth-order valence-electron chi connectivity index (χ4n) is 2.42. The van der Waals surface area contributed by atoms with E-state index >= 15 is 0 Å². The lowest BCUT2D eigenvalue weighted by Gasteiger charge is -2.14. The first-order valence-corrected chi connectivity index (χ1v) is 6.42. The van der Waals surface area contributed by atoms with Gasteiger partial charge in [0, 0.05) is 18.4 Å². The average molecular weight is 243 g/mol. The summed E-state index contributed by atoms with van der Waals surface area (Å²) in [5.74, 6) is 0. The predicted molar refractivity (Wildman–Crippen MR) is 75.9 cm³/mol. The summed E-state index contributed by atoms with van der Waals surface area (Å²) in [4.78, 5) is 4.19. The van der Waals surface area contributed by atoms with Gasteiger partial charge >= 0.3 is 0 Å². The zero-order chi connectivity index (χ0) is 13.1. The second kappa shape index (κ2) is 5.25. The number of anilines is 1. The normalized spacial score (nSPS) is 10.7. The van der Waals surface area contributed by atoms with Gasteiger partial charge in [-0.3, -0.25) is 0 Å². The van der Waals surface area contributed by atoms with Crippen LogP contribution in [0.1, 0.15) is 29.3 Å². The molecule has 0 aliphatic carbocycles. The molecule has 1 heterocycles. The highest BCUT2D eigenvalue weighted by atomic mass is 15.1. The highest BCUT2D eigenvalue weighted by molar-refractivity contribution is 5.58. The lowest BCUT2D eigenvalue weighted by Crippen LogP contribution is -2.08. The largest absolute Gasteiger partial charge is 0.379 e. The molecule has 0 aliphatic rings. The van der Waals surface area contributed by atoms with Crippen LogP contribution in [0.15, 0.2) is 24.7 Å². The summed E-state index contributed by atoms with van der Waals surface area (Å²) >= 11 is 0. The summed E-state index contributed by atoms with van der Waals surface area (Å²) in [6, 6.07) is 4.43. The van der Waals surface area contributed by atoms with Gasteiger partial charge in [-0.05, 0) is 38.8 Å². The minimum Gasteiger partial charge on any atom is -0.379 e. The van der Waals surface area contributed by atoms with Crippen molar-refractivity contribution >= 4 is 5.69 Å². The van der Waals surface area contributed by atoms with E-state index in [1.54, 1.807) is 0 Å². The Bertz CT molecular complexity index is 517. The van der Waals surface area contributed by atoms with Gasteiger partial charge in [0.2, 0.25) is 0 Å². The molecule has 2 aromatic rings. The fraction of sp³-hybridized carbons (Fsp3) is 0.400. The summed E-state index contributed by atoms with van der Waals surface area (Å²) in [5.41, 5.74) is 6.38. The molecule has 0 spiro atoms. The first kappa shape index (κ1) is 12.7. The Labute approximate surface area is 109 Å². The van der Waals surface area contributed by atoms with Gasteiger partial charge in [0.25, 0.3) is 0 Å². The zero-order valence-corrected chi connectivity index (χ0v) is 11.6. The third-order valence-corrected chi connectivity index (χ3v) is 3.26. The van der Waals surface area contributed by atoms with Crippen molar-refractivity contribution in [1.29, 1.82) is 0 Å². The Morgan fingerprint density at radius 2 is 1.83 bits per heavy atom. The lowest BCUT2D eigenvalue weighted by atomic mass is 10.1. The second-order valence-electron chi connectivity index (χ2n) is 4.80. The highest BCUT2D eigenvalue weighted by Crippen LogP contribution is 2.22. The van der Waals surface area contributed by atoms with Crippen LogP contribution in [0.5, 0.6) is 0 Å². The van der Waals surface area contributed by atoms with Crippen molar-refractivity contribution in [3.63, 3.8) is 0 Å². The number of aryl methyl sites for hydroxylation is 4. The third kappa shape index (κ3) is 2.55. The molecule has 0 fully saturated rings. The summed E-state index contributed by atoms with van der Waals surface area (Å²) in [6.07, 6.45) is 3.81. The minimum absolute atomic E-state index is 0.818. The van der Waals surface area contributed by atoms with Gasteiger partial charge < -0.3 is 9.88 Å². The number of nitrogens with zero attached hydrogens (tertiary/aromatic N) is 2. The van der Waals surface area contributed by atoms with Crippen molar-refractivity contribution in [2.24, 2.45) is 0 Å². The van der Waals surface area contributed by atoms with Gasteiger partial charge in [0.1, 0.15) is 0 Å². The molecule has 0 atom stereocenters. The highest BCUT2D eigenvalue weighted by Gasteiger charge is 2.05. The maximum absolute atomic E-state index is 4.19. The smallest absolute Gasteiger partial charge is 0.0948 e. The standard InChI is InChI=1S/C15H21N3/c1-5-18-10-16-8-14(18)9-17-15-12(3)6-11(2)7-13(15)4/h6-8,10,17H,5,9H2,1-4H3. The van der Waals surface area contributed by atoms with Crippen molar-refractivity contribution in [3.05, 3.63) is 47.0 Å². The minimum atomic E-state index is 0.818. The molecule has 0 unspecified atom stereocenters. The van der Waals surface area contributed by atoms with Crippen LogP contribution < -0.4 is 5.32 Å². The van der Waals surface area contributed by atoms with E-state index in [-0.39, 0.29) is 0 Å². The Morgan fingerprint density at radius 1 is 1.17 bits per heavy atom. The van der Waals surface area contributed by atoms with Gasteiger partial charge in [-0.25, -0.2) is 4.98 Å². The predicted octanol–water partition coefficient (Wildman–Crippen LogP) is 3.44. The molecule has 2 rings (SSSR count). The van der Waals surface area contributed by atoms with Crippen molar-refractivity contribution < 1.29 is 0 Å². The van der Waals surface area contributed by atoms with Crippen LogP contribution in [0.4, 0.5) is 5.69 Å². The number of nitrogens with one attached hydrogen (secondary N) is 1. The Kier molecular flexibility index (Phi) is 3.70. The van der Waals surface area contributed by atoms with Gasteiger partial charge in [-0.15, -0.1) is 0 Å². The van der Waals surface area contributed by atoms with Crippen LogP contribution in [0.3, 0.4) is 0 Å². The van der Waals surface area contributed by atoms with Gasteiger partial charge in [0.05, 0.1) is 18.6 Å². The van der Waals surface area contributed by atoms with E-state index in [0.29, 0.717) is 0 Å². The monoisotopic (exact) mass is 243 g/mol. The van der Waals surface area contributed by atoms with E-state index in [0.717, 1.165) is 13.1 Å². The number of benzene rings is 1. The Morgan fingerprint density at radius 3 is 2.44 bits per heavy atom. The van der Waals surface area contributed by atoms with Crippen molar-refractivity contribution in [3.8, 4) is 0 Å². The van der Waals surface area contributed by atoms with Gasteiger partial charge in [-0.2, -0.15) is 0 Å². The maximum atomic E-state index is 4.19. The summed E-state index contributed by atoms with van der Waals surface area (Å²) in [7, 11) is 0. The molecule has 0 saturated heterocycles. The van der Waals surface area contributed by atoms with Crippen LogP contribution >= 0.6 is 0 Å². The van der Waals surface area contributed by atoms with E-state index in [1.807, 2.05) is 12.5 Å². The van der Waals surface area contributed by atoms with Crippen molar-refractivity contribution in [1.82, 2.24) is 9.55 Å². The number of hydrogen-bond donors (Lipinski definition) is 1. The van der Waals surface area contributed by atoms with Crippen molar-refractivity contribution in [2.75, 3.05) is 5.32 Å². The van der Waals surface area contributed by atoms with E-state index in [9.17, 15) is 0 Å². The van der Waals surface area contributed by atoms with Gasteiger partial charge in [-0.1, -0.05) is 17.7 Å². The molecule has 0 aliphatic heterocycles. The number of aromatic nitrogens is 2. The molecule has 0 radical (unpaired) electrons. The molecule has 1 aromatic heterocycles. The van der Waals surface area contributed by atoms with Crippen LogP contribution in [0.2, 0.25) is 0 Å². The van der Waals surface area contributed by atoms with Crippen LogP contribution in [0, 0.1) is 20.8 Å². The molecule has 18 heavy (non-hydrogen) atoms. The molecule has 3 heteroatoms. The van der Waals surface area contributed by atoms with Crippen LogP contribution in [-0.4, -0.2) is 9.55 Å². The Hall–Kier alpha value is -1.77. The molecule has 1 N–H and O–H groups in total. The zero-order valence-electron chi connectivity index (χ0n) is 11.6. The maximum Gasteiger partial charge on any atom is 0.0948 e. The quantitative estimate of drug-likeness (QED) is 0.891. The number of hydrogen-bond acceptors (Lipinski definition) is 2. The van der Waals surface area contributed by atoms with E-state index in [1.165, 1.54) is 28.1 Å². The molecule has 96 valence electrons. The van der Waals surface area contributed by atoms with Crippen molar-refractivity contribution in [2.45, 2.75) is 40.8 Å². The molecular formula is C15H21N3. The summed E-state index contributed by atoms with van der Waals surface area (Å²) in [6.45, 7) is 10.4. The van der Waals surface area contributed by atoms with Crippen LogP contribution in [-0.2, 0) is 13.1 Å². The van der Waals surface area contributed by atoms with E-state index < -0.39 is 0 Å². The molecule has 0 saturated carbocycles. The second-order valence-corrected chi connectivity index (χ2v) is 4.80. The Balaban J connectivity index is 2.16. The van der Waals surface area contributed by atoms with E-state index in [4.69, 9.17) is 0 Å². The third-order valence-electron chi connectivity index (χ3n) is 3.26. The fourth-order valence-corrected chi connectivity index (χ4v) is 2.42. The molecule has 0 bridgehead atoms. The number of imidazole rings is 1. The number of rotatable bonds is 4. The first-order chi connectivity index (χ1) is 8.61. The SMILES string of the molecule is CCn1cncc1CNc1c(C)cc(C)cc1C. The summed E-state index contributed by atoms with van der Waals surface area (Å²) < 4.78 is 2.16. The van der Waals surface area contributed by atoms with E-state index in [2.05, 4.69) is 54.7 Å². The topological polar surface area (TPSA) is 29.9 Å². The molecule has 1 aromatic carbocycles. The van der Waals surface area contributed by atoms with Gasteiger partial charge in [0.15, 0.2) is 0 Å². The van der Waals surface area contributed by atoms with Crippen LogP contribution in [0.25, 0.3) is 0 Å². The average Bonchev–Trinajstić information content (AvgIpc) is 2.75. The summed E-state index contributed by atoms with van der Waals surface area (Å²) in [5, 5.41) is 3.52. The first-order valence-electron chi connectivity index (χ1n) is 6.42. The lowest BCUT2D eigenvalue weighted by molar-refractivity contribution is 0.719.